The molecule has 1 aromatic carbocycles. The smallest absolute Gasteiger partial charge is 0.306 e. The van der Waals surface area contributed by atoms with E-state index in [1.165, 1.54) is 0 Å². The van der Waals surface area contributed by atoms with Crippen molar-refractivity contribution >= 4 is 28.6 Å². The fourth-order valence-corrected chi connectivity index (χ4v) is 3.81. The summed E-state index contributed by atoms with van der Waals surface area (Å²) in [6.45, 7) is 2.18. The predicted molar refractivity (Wildman–Crippen MR) is 119 cm³/mol. The summed E-state index contributed by atoms with van der Waals surface area (Å²) in [6.07, 6.45) is 2.04. The summed E-state index contributed by atoms with van der Waals surface area (Å²) in [5, 5.41) is 0.537. The number of benzene rings is 1. The second-order valence-corrected chi connectivity index (χ2v) is 7.63. The van der Waals surface area contributed by atoms with Gasteiger partial charge in [-0.15, -0.1) is 0 Å². The quantitative estimate of drug-likeness (QED) is 0.536. The van der Waals surface area contributed by atoms with Crippen molar-refractivity contribution in [3.63, 3.8) is 0 Å². The van der Waals surface area contributed by atoms with Crippen LogP contribution < -0.4 is 10.5 Å². The first-order chi connectivity index (χ1) is 15.5. The van der Waals surface area contributed by atoms with Gasteiger partial charge < -0.3 is 19.1 Å². The van der Waals surface area contributed by atoms with Crippen molar-refractivity contribution in [3.05, 3.63) is 64.8 Å². The number of anilines is 1. The van der Waals surface area contributed by atoms with E-state index >= 15 is 0 Å². The maximum atomic E-state index is 12.4. The molecule has 166 valence electrons. The Hall–Kier alpha value is -3.75. The number of carbonyl (C=O) groups excluding carboxylic acids is 2. The second kappa shape index (κ2) is 9.59. The van der Waals surface area contributed by atoms with Crippen molar-refractivity contribution < 1.29 is 14.3 Å². The number of esters is 1. The SMILES string of the molecule is Cn1c(CCC(=O)OCC(=O)N2CCN(c3ccccn3)CC2)nc(=O)c2ccccc21. The third kappa shape index (κ3) is 4.77. The highest BCUT2D eigenvalue weighted by Gasteiger charge is 2.22. The average molecular weight is 435 g/mol. The molecule has 3 heterocycles. The Morgan fingerprint density at radius 3 is 2.53 bits per heavy atom. The van der Waals surface area contributed by atoms with Crippen molar-refractivity contribution in [1.29, 1.82) is 0 Å². The number of amides is 1. The Bertz CT molecular complexity index is 1170. The molecule has 0 spiro atoms. The molecule has 0 N–H and O–H groups in total. The number of aromatic nitrogens is 3. The monoisotopic (exact) mass is 435 g/mol. The summed E-state index contributed by atoms with van der Waals surface area (Å²) in [4.78, 5) is 49.0. The Labute approximate surface area is 185 Å². The van der Waals surface area contributed by atoms with E-state index in [0.29, 0.717) is 37.4 Å². The highest BCUT2D eigenvalue weighted by molar-refractivity contribution is 5.81. The molecule has 1 fully saturated rings. The van der Waals surface area contributed by atoms with Gasteiger partial charge in [-0.05, 0) is 24.3 Å². The minimum absolute atomic E-state index is 0.0410. The minimum atomic E-state index is -0.493. The van der Waals surface area contributed by atoms with Crippen LogP contribution in [-0.4, -0.2) is 64.1 Å². The summed E-state index contributed by atoms with van der Waals surface area (Å²) in [7, 11) is 1.81. The third-order valence-corrected chi connectivity index (χ3v) is 5.63. The van der Waals surface area contributed by atoms with Crippen LogP contribution in [0.3, 0.4) is 0 Å². The van der Waals surface area contributed by atoms with Gasteiger partial charge in [0.05, 0.1) is 17.3 Å². The van der Waals surface area contributed by atoms with E-state index in [2.05, 4.69) is 14.9 Å². The van der Waals surface area contributed by atoms with E-state index in [0.717, 1.165) is 11.3 Å². The van der Waals surface area contributed by atoms with Crippen molar-refractivity contribution in [1.82, 2.24) is 19.4 Å². The van der Waals surface area contributed by atoms with Crippen LogP contribution in [0.5, 0.6) is 0 Å². The number of nitrogens with zero attached hydrogens (tertiary/aromatic N) is 5. The summed E-state index contributed by atoms with van der Waals surface area (Å²) in [5.74, 6) is 0.688. The van der Waals surface area contributed by atoms with Crippen LogP contribution in [0.4, 0.5) is 5.82 Å². The van der Waals surface area contributed by atoms with Gasteiger partial charge in [-0.1, -0.05) is 18.2 Å². The first-order valence-electron chi connectivity index (χ1n) is 10.6. The van der Waals surface area contributed by atoms with Gasteiger partial charge in [-0.25, -0.2) is 4.98 Å². The lowest BCUT2D eigenvalue weighted by Crippen LogP contribution is -2.50. The van der Waals surface area contributed by atoms with Crippen LogP contribution in [0.15, 0.2) is 53.5 Å². The number of carbonyl (C=O) groups is 2. The van der Waals surface area contributed by atoms with Gasteiger partial charge in [0.2, 0.25) is 0 Å². The Morgan fingerprint density at radius 2 is 1.78 bits per heavy atom. The van der Waals surface area contributed by atoms with Crippen LogP contribution >= 0.6 is 0 Å². The summed E-state index contributed by atoms with van der Waals surface area (Å²) >= 11 is 0. The second-order valence-electron chi connectivity index (χ2n) is 7.63. The van der Waals surface area contributed by atoms with Gasteiger partial charge in [-0.3, -0.25) is 14.4 Å². The average Bonchev–Trinajstić information content (AvgIpc) is 2.84. The number of hydrogen-bond donors (Lipinski definition) is 0. The standard InChI is InChI=1S/C23H25N5O4/c1-26-18-7-3-2-6-17(18)23(31)25-20(26)9-10-22(30)32-16-21(29)28-14-12-27(13-15-28)19-8-4-5-11-24-19/h2-8,11H,9-10,12-16H2,1H3. The molecule has 0 saturated carbocycles. The maximum absolute atomic E-state index is 12.4. The molecule has 32 heavy (non-hydrogen) atoms. The molecule has 0 atom stereocenters. The van der Waals surface area contributed by atoms with Crippen LogP contribution in [0.2, 0.25) is 0 Å². The van der Waals surface area contributed by atoms with Crippen molar-refractivity contribution in [2.75, 3.05) is 37.7 Å². The molecule has 0 aliphatic carbocycles. The van der Waals surface area contributed by atoms with E-state index in [-0.39, 0.29) is 30.9 Å². The van der Waals surface area contributed by atoms with Crippen LogP contribution in [0, 0.1) is 0 Å². The number of hydrogen-bond acceptors (Lipinski definition) is 7. The number of rotatable bonds is 6. The topological polar surface area (TPSA) is 97.6 Å². The number of pyridine rings is 1. The molecule has 9 nitrogen and oxygen atoms in total. The van der Waals surface area contributed by atoms with Gasteiger partial charge >= 0.3 is 5.97 Å². The normalized spacial score (nSPS) is 13.9. The maximum Gasteiger partial charge on any atom is 0.306 e. The summed E-state index contributed by atoms with van der Waals surface area (Å²) < 4.78 is 6.98. The van der Waals surface area contributed by atoms with Crippen molar-refractivity contribution in [2.24, 2.45) is 7.05 Å². The first kappa shape index (κ1) is 21.5. The molecular formula is C23H25N5O4. The molecule has 4 rings (SSSR count). The van der Waals surface area contributed by atoms with Crippen LogP contribution in [0.1, 0.15) is 12.2 Å². The van der Waals surface area contributed by atoms with Crippen LogP contribution in [-0.2, 0) is 27.8 Å². The van der Waals surface area contributed by atoms with E-state index in [1.54, 1.807) is 27.8 Å². The van der Waals surface area contributed by atoms with E-state index < -0.39 is 5.97 Å². The summed E-state index contributed by atoms with van der Waals surface area (Å²) in [5.41, 5.74) is 0.443. The van der Waals surface area contributed by atoms with Gasteiger partial charge in [0.25, 0.3) is 11.5 Å². The van der Waals surface area contributed by atoms with Crippen LogP contribution in [0.25, 0.3) is 10.9 Å². The summed E-state index contributed by atoms with van der Waals surface area (Å²) in [6, 6.07) is 13.0. The molecule has 0 bridgehead atoms. The lowest BCUT2D eigenvalue weighted by molar-refractivity contribution is -0.152. The predicted octanol–water partition coefficient (Wildman–Crippen LogP) is 1.15. The Morgan fingerprint density at radius 1 is 1.03 bits per heavy atom. The fourth-order valence-electron chi connectivity index (χ4n) is 3.81. The minimum Gasteiger partial charge on any atom is -0.456 e. The molecule has 1 aliphatic rings. The van der Waals surface area contributed by atoms with E-state index in [1.807, 2.05) is 37.4 Å². The van der Waals surface area contributed by atoms with Gasteiger partial charge in [0.15, 0.2) is 6.61 Å². The molecule has 9 heteroatoms. The van der Waals surface area contributed by atoms with Gasteiger partial charge in [0, 0.05) is 45.8 Å². The lowest BCUT2D eigenvalue weighted by Gasteiger charge is -2.35. The van der Waals surface area contributed by atoms with Crippen molar-refractivity contribution in [2.45, 2.75) is 12.8 Å². The highest BCUT2D eigenvalue weighted by atomic mass is 16.5. The Balaban J connectivity index is 1.25. The zero-order chi connectivity index (χ0) is 22.5. The molecule has 1 saturated heterocycles. The fraction of sp³-hybridized carbons (Fsp3) is 0.348. The molecular weight excluding hydrogens is 410 g/mol. The van der Waals surface area contributed by atoms with E-state index in [9.17, 15) is 14.4 Å². The molecule has 0 radical (unpaired) electrons. The molecule has 3 aromatic rings. The zero-order valence-electron chi connectivity index (χ0n) is 17.9. The molecule has 1 amide bonds. The zero-order valence-corrected chi connectivity index (χ0v) is 17.9. The third-order valence-electron chi connectivity index (χ3n) is 5.63. The number of ether oxygens (including phenoxy) is 1. The van der Waals surface area contributed by atoms with Gasteiger partial charge in [0.1, 0.15) is 11.6 Å². The van der Waals surface area contributed by atoms with Gasteiger partial charge in [-0.2, -0.15) is 4.98 Å². The number of para-hydroxylation sites is 1. The number of aryl methyl sites for hydroxylation is 2. The van der Waals surface area contributed by atoms with E-state index in [4.69, 9.17) is 4.74 Å². The largest absolute Gasteiger partial charge is 0.456 e. The molecule has 0 unspecified atom stereocenters. The lowest BCUT2D eigenvalue weighted by atomic mass is 10.2. The number of fused-ring (bicyclic) bond motifs is 1. The highest BCUT2D eigenvalue weighted by Crippen LogP contribution is 2.13. The van der Waals surface area contributed by atoms with Crippen molar-refractivity contribution in [3.8, 4) is 0 Å². The number of piperazine rings is 1. The Kier molecular flexibility index (Phi) is 6.44. The molecule has 2 aromatic heterocycles. The molecule has 1 aliphatic heterocycles. The first-order valence-corrected chi connectivity index (χ1v) is 10.6.